The first-order chi connectivity index (χ1) is 15.1. The highest BCUT2D eigenvalue weighted by molar-refractivity contribution is 5.79. The number of aromatic nitrogens is 6. The molecule has 4 aromatic heterocycles. The topological polar surface area (TPSA) is 83.8 Å². The van der Waals surface area contributed by atoms with Crippen molar-refractivity contribution in [1.82, 2.24) is 29.5 Å². The van der Waals surface area contributed by atoms with E-state index in [2.05, 4.69) is 30.4 Å². The Morgan fingerprint density at radius 2 is 1.94 bits per heavy atom. The highest BCUT2D eigenvalue weighted by Gasteiger charge is 2.17. The Morgan fingerprint density at radius 1 is 1.06 bits per heavy atom. The number of nitrogens with zero attached hydrogens (tertiary/aromatic N) is 5. The number of imidazole rings is 1. The Bertz CT molecular complexity index is 1390. The number of hydrogen-bond acceptors (Lipinski definition) is 5. The van der Waals surface area contributed by atoms with Crippen LogP contribution in [0.2, 0.25) is 0 Å². The molecule has 0 bridgehead atoms. The SMILES string of the molecule is Cc1cccc(-c2[nH]c(NCc3cccc(F)c3F)nc2-c2ccn3ncnc3c2)n1. The van der Waals surface area contributed by atoms with Crippen molar-refractivity contribution in [3.05, 3.63) is 83.9 Å². The summed E-state index contributed by atoms with van der Waals surface area (Å²) in [6.07, 6.45) is 3.28. The van der Waals surface area contributed by atoms with Crippen LogP contribution in [0.15, 0.2) is 61.1 Å². The summed E-state index contributed by atoms with van der Waals surface area (Å²) >= 11 is 0. The molecule has 5 rings (SSSR count). The fourth-order valence-electron chi connectivity index (χ4n) is 3.36. The molecule has 0 atom stereocenters. The van der Waals surface area contributed by atoms with Crippen molar-refractivity contribution in [3.63, 3.8) is 0 Å². The number of halogens is 2. The molecule has 0 fully saturated rings. The molecule has 4 heterocycles. The molecule has 0 aliphatic heterocycles. The van der Waals surface area contributed by atoms with E-state index < -0.39 is 11.6 Å². The van der Waals surface area contributed by atoms with Gasteiger partial charge in [-0.05, 0) is 37.3 Å². The number of pyridine rings is 2. The third-order valence-corrected chi connectivity index (χ3v) is 4.88. The fraction of sp³-hybridized carbons (Fsp3) is 0.0909. The Labute approximate surface area is 175 Å². The van der Waals surface area contributed by atoms with Gasteiger partial charge in [0, 0.05) is 29.6 Å². The minimum absolute atomic E-state index is 0.0699. The molecule has 0 aliphatic rings. The van der Waals surface area contributed by atoms with Crippen LogP contribution in [0, 0.1) is 18.6 Å². The van der Waals surface area contributed by atoms with Gasteiger partial charge in [0.1, 0.15) is 12.0 Å². The molecule has 31 heavy (non-hydrogen) atoms. The summed E-state index contributed by atoms with van der Waals surface area (Å²) in [7, 11) is 0. The van der Waals surface area contributed by atoms with Gasteiger partial charge >= 0.3 is 0 Å². The molecule has 0 saturated carbocycles. The van der Waals surface area contributed by atoms with Gasteiger partial charge in [0.15, 0.2) is 17.3 Å². The van der Waals surface area contributed by atoms with Crippen LogP contribution in [-0.2, 0) is 6.54 Å². The third kappa shape index (κ3) is 3.61. The highest BCUT2D eigenvalue weighted by atomic mass is 19.2. The average molecular weight is 417 g/mol. The molecule has 7 nitrogen and oxygen atoms in total. The van der Waals surface area contributed by atoms with Gasteiger partial charge < -0.3 is 10.3 Å². The van der Waals surface area contributed by atoms with Crippen LogP contribution in [0.5, 0.6) is 0 Å². The number of hydrogen-bond donors (Lipinski definition) is 2. The molecule has 5 aromatic rings. The molecule has 0 aliphatic carbocycles. The van der Waals surface area contributed by atoms with Crippen molar-refractivity contribution in [2.45, 2.75) is 13.5 Å². The smallest absolute Gasteiger partial charge is 0.201 e. The number of rotatable bonds is 5. The predicted octanol–water partition coefficient (Wildman–Crippen LogP) is 4.38. The van der Waals surface area contributed by atoms with E-state index in [0.29, 0.717) is 28.7 Å². The van der Waals surface area contributed by atoms with Crippen LogP contribution in [0.4, 0.5) is 14.7 Å². The van der Waals surface area contributed by atoms with Crippen molar-refractivity contribution in [1.29, 1.82) is 0 Å². The van der Waals surface area contributed by atoms with Crippen LogP contribution in [0.1, 0.15) is 11.3 Å². The second-order valence-corrected chi connectivity index (χ2v) is 7.02. The van der Waals surface area contributed by atoms with Crippen LogP contribution in [-0.4, -0.2) is 29.5 Å². The number of benzene rings is 1. The summed E-state index contributed by atoms with van der Waals surface area (Å²) in [5, 5.41) is 7.16. The second-order valence-electron chi connectivity index (χ2n) is 7.02. The first-order valence-electron chi connectivity index (χ1n) is 9.59. The number of fused-ring (bicyclic) bond motifs is 1. The number of aromatic amines is 1. The molecular formula is C22H17F2N7. The van der Waals surface area contributed by atoms with Gasteiger partial charge in [0.2, 0.25) is 5.95 Å². The summed E-state index contributed by atoms with van der Waals surface area (Å²) < 4.78 is 29.2. The first-order valence-corrected chi connectivity index (χ1v) is 9.59. The molecule has 1 aromatic carbocycles. The van der Waals surface area contributed by atoms with Crippen molar-refractivity contribution < 1.29 is 8.78 Å². The van der Waals surface area contributed by atoms with Crippen molar-refractivity contribution in [2.75, 3.05) is 5.32 Å². The third-order valence-electron chi connectivity index (χ3n) is 4.88. The van der Waals surface area contributed by atoms with Gasteiger partial charge in [0.25, 0.3) is 0 Å². The van der Waals surface area contributed by atoms with E-state index >= 15 is 0 Å². The van der Waals surface area contributed by atoms with E-state index in [9.17, 15) is 8.78 Å². The van der Waals surface area contributed by atoms with Crippen molar-refractivity contribution in [3.8, 4) is 22.6 Å². The van der Waals surface area contributed by atoms with Crippen molar-refractivity contribution in [2.24, 2.45) is 0 Å². The number of nitrogens with one attached hydrogen (secondary N) is 2. The predicted molar refractivity (Wildman–Crippen MR) is 112 cm³/mol. The number of H-pyrrole nitrogens is 1. The summed E-state index contributed by atoms with van der Waals surface area (Å²) in [5.41, 5.74) is 4.65. The van der Waals surface area contributed by atoms with Gasteiger partial charge in [-0.2, -0.15) is 5.10 Å². The quantitative estimate of drug-likeness (QED) is 0.443. The molecule has 0 unspecified atom stereocenters. The van der Waals surface area contributed by atoms with Gasteiger partial charge in [0.05, 0.1) is 11.4 Å². The van der Waals surface area contributed by atoms with E-state index in [0.717, 1.165) is 17.3 Å². The summed E-state index contributed by atoms with van der Waals surface area (Å²) in [4.78, 5) is 16.7. The maximum atomic E-state index is 14.0. The van der Waals surface area contributed by atoms with Crippen LogP contribution < -0.4 is 5.32 Å². The zero-order valence-corrected chi connectivity index (χ0v) is 16.5. The minimum atomic E-state index is -0.884. The lowest BCUT2D eigenvalue weighted by Gasteiger charge is -2.05. The molecule has 0 spiro atoms. The van der Waals surface area contributed by atoms with E-state index in [4.69, 9.17) is 0 Å². The maximum absolute atomic E-state index is 14.0. The Morgan fingerprint density at radius 3 is 2.81 bits per heavy atom. The van der Waals surface area contributed by atoms with Gasteiger partial charge in [-0.1, -0.05) is 18.2 Å². The monoisotopic (exact) mass is 417 g/mol. The molecule has 0 radical (unpaired) electrons. The molecular weight excluding hydrogens is 400 g/mol. The number of aryl methyl sites for hydroxylation is 1. The molecule has 2 N–H and O–H groups in total. The Balaban J connectivity index is 1.55. The highest BCUT2D eigenvalue weighted by Crippen LogP contribution is 2.31. The maximum Gasteiger partial charge on any atom is 0.201 e. The van der Waals surface area contributed by atoms with Gasteiger partial charge in [-0.15, -0.1) is 0 Å². The molecule has 0 amide bonds. The van der Waals surface area contributed by atoms with E-state index in [1.54, 1.807) is 10.7 Å². The Kier molecular flexibility index (Phi) is 4.62. The van der Waals surface area contributed by atoms with Gasteiger partial charge in [-0.3, -0.25) is 4.98 Å². The lowest BCUT2D eigenvalue weighted by molar-refractivity contribution is 0.500. The first kappa shape index (κ1) is 18.9. The lowest BCUT2D eigenvalue weighted by Crippen LogP contribution is -2.04. The standard InChI is InChI=1S/C22H17F2N7/c1-13-4-2-7-17(28-13)21-20(14-8-9-31-18(10-14)26-12-27-31)29-22(30-21)25-11-15-5-3-6-16(23)19(15)24/h2-10,12H,11H2,1H3,(H2,25,29,30). The van der Waals surface area contributed by atoms with Crippen molar-refractivity contribution >= 4 is 11.6 Å². The summed E-state index contributed by atoms with van der Waals surface area (Å²) in [6.45, 7) is 1.98. The minimum Gasteiger partial charge on any atom is -0.352 e. The lowest BCUT2D eigenvalue weighted by atomic mass is 10.1. The molecule has 0 saturated heterocycles. The Hall–Kier alpha value is -4.14. The normalized spacial score (nSPS) is 11.2. The average Bonchev–Trinajstić information content (AvgIpc) is 3.41. The van der Waals surface area contributed by atoms with Crippen LogP contribution in [0.25, 0.3) is 28.3 Å². The number of anilines is 1. The molecule has 9 heteroatoms. The summed E-state index contributed by atoms with van der Waals surface area (Å²) in [6, 6.07) is 13.6. The zero-order valence-electron chi connectivity index (χ0n) is 16.5. The zero-order chi connectivity index (χ0) is 21.4. The van der Waals surface area contributed by atoms with E-state index in [1.165, 1.54) is 18.5 Å². The van der Waals surface area contributed by atoms with Gasteiger partial charge in [-0.25, -0.2) is 23.3 Å². The fourth-order valence-corrected chi connectivity index (χ4v) is 3.36. The van der Waals surface area contributed by atoms with Crippen LogP contribution >= 0.6 is 0 Å². The second kappa shape index (κ2) is 7.60. The largest absolute Gasteiger partial charge is 0.352 e. The molecule has 154 valence electrons. The van der Waals surface area contributed by atoms with Crippen LogP contribution in [0.3, 0.4) is 0 Å². The summed E-state index contributed by atoms with van der Waals surface area (Å²) in [5.74, 6) is -1.34. The van der Waals surface area contributed by atoms with E-state index in [1.807, 2.05) is 37.3 Å². The van der Waals surface area contributed by atoms with E-state index in [-0.39, 0.29) is 12.1 Å².